The monoisotopic (exact) mass is 416 g/mol. The SMILES string of the molecule is CCN(C)C(=O)c1c(O)c(=O)c(C(=O)NCc2ccc(C)cc2F)c2n1CC[C@@H]2N. The van der Waals surface area contributed by atoms with Crippen LogP contribution in [-0.4, -0.2) is 40.0 Å². The maximum Gasteiger partial charge on any atom is 0.274 e. The van der Waals surface area contributed by atoms with E-state index < -0.39 is 34.9 Å². The molecule has 2 amide bonds. The maximum atomic E-state index is 14.1. The van der Waals surface area contributed by atoms with Crippen LogP contribution in [-0.2, 0) is 13.1 Å². The van der Waals surface area contributed by atoms with Crippen LogP contribution in [0, 0.1) is 12.7 Å². The minimum atomic E-state index is -0.965. The number of nitrogens with zero attached hydrogens (tertiary/aromatic N) is 2. The summed E-state index contributed by atoms with van der Waals surface area (Å²) < 4.78 is 15.5. The van der Waals surface area contributed by atoms with Gasteiger partial charge in [-0.2, -0.15) is 0 Å². The van der Waals surface area contributed by atoms with Gasteiger partial charge in [0.1, 0.15) is 11.4 Å². The number of rotatable bonds is 5. The van der Waals surface area contributed by atoms with Gasteiger partial charge < -0.3 is 25.6 Å². The van der Waals surface area contributed by atoms with E-state index in [2.05, 4.69) is 5.32 Å². The van der Waals surface area contributed by atoms with E-state index in [1.54, 1.807) is 33.0 Å². The largest absolute Gasteiger partial charge is 0.503 e. The molecule has 0 radical (unpaired) electrons. The van der Waals surface area contributed by atoms with E-state index in [9.17, 15) is 23.9 Å². The Morgan fingerprint density at radius 1 is 1.40 bits per heavy atom. The first-order chi connectivity index (χ1) is 14.2. The number of carbonyl (C=O) groups is 2. The Morgan fingerprint density at radius 3 is 2.73 bits per heavy atom. The zero-order valence-corrected chi connectivity index (χ0v) is 17.2. The van der Waals surface area contributed by atoms with E-state index in [0.717, 1.165) is 5.56 Å². The summed E-state index contributed by atoms with van der Waals surface area (Å²) in [5.41, 5.74) is 5.87. The summed E-state index contributed by atoms with van der Waals surface area (Å²) in [6.45, 7) is 4.03. The average molecular weight is 416 g/mol. The number of aryl methyl sites for hydroxylation is 1. The molecule has 1 aromatic heterocycles. The second-order valence-electron chi connectivity index (χ2n) is 7.43. The van der Waals surface area contributed by atoms with Crippen LogP contribution in [0.4, 0.5) is 4.39 Å². The molecule has 0 saturated carbocycles. The highest BCUT2D eigenvalue weighted by atomic mass is 19.1. The quantitative estimate of drug-likeness (QED) is 0.682. The van der Waals surface area contributed by atoms with E-state index in [4.69, 9.17) is 5.73 Å². The number of amides is 2. The molecule has 8 nitrogen and oxygen atoms in total. The summed E-state index contributed by atoms with van der Waals surface area (Å²) in [7, 11) is 1.55. The molecule has 0 fully saturated rings. The highest BCUT2D eigenvalue weighted by molar-refractivity contribution is 5.99. The van der Waals surface area contributed by atoms with Gasteiger partial charge in [0.05, 0.1) is 5.69 Å². The Hall–Kier alpha value is -3.20. The van der Waals surface area contributed by atoms with Crippen molar-refractivity contribution in [2.75, 3.05) is 13.6 Å². The number of carbonyl (C=O) groups excluding carboxylic acids is 2. The fourth-order valence-corrected chi connectivity index (χ4v) is 3.57. The number of aromatic nitrogens is 1. The molecule has 2 heterocycles. The average Bonchev–Trinajstić information content (AvgIpc) is 3.08. The molecule has 3 rings (SSSR count). The van der Waals surface area contributed by atoms with E-state index in [1.165, 1.54) is 15.5 Å². The van der Waals surface area contributed by atoms with Gasteiger partial charge in [0.25, 0.3) is 11.8 Å². The molecule has 0 spiro atoms. The van der Waals surface area contributed by atoms with Crippen LogP contribution in [0.3, 0.4) is 0 Å². The number of aromatic hydroxyl groups is 1. The summed E-state index contributed by atoms with van der Waals surface area (Å²) in [6.07, 6.45) is 0.409. The predicted molar refractivity (Wildman–Crippen MR) is 109 cm³/mol. The van der Waals surface area contributed by atoms with Gasteiger partial charge in [0.15, 0.2) is 11.4 Å². The van der Waals surface area contributed by atoms with Crippen LogP contribution in [0.15, 0.2) is 23.0 Å². The number of halogens is 1. The van der Waals surface area contributed by atoms with Gasteiger partial charge >= 0.3 is 0 Å². The van der Waals surface area contributed by atoms with Gasteiger partial charge in [0.2, 0.25) is 5.43 Å². The molecular formula is C21H25FN4O4. The minimum absolute atomic E-state index is 0.140. The second-order valence-corrected chi connectivity index (χ2v) is 7.43. The molecule has 2 aromatic rings. The highest BCUT2D eigenvalue weighted by Crippen LogP contribution is 2.31. The molecule has 0 saturated heterocycles. The number of pyridine rings is 1. The van der Waals surface area contributed by atoms with Crippen LogP contribution >= 0.6 is 0 Å². The van der Waals surface area contributed by atoms with E-state index in [1.807, 2.05) is 0 Å². The van der Waals surface area contributed by atoms with Gasteiger partial charge in [-0.25, -0.2) is 4.39 Å². The number of nitrogens with one attached hydrogen (secondary N) is 1. The van der Waals surface area contributed by atoms with Gasteiger partial charge in [-0.05, 0) is 31.9 Å². The van der Waals surface area contributed by atoms with Crippen molar-refractivity contribution in [3.63, 3.8) is 0 Å². The molecule has 0 unspecified atom stereocenters. The van der Waals surface area contributed by atoms with E-state index in [0.29, 0.717) is 13.0 Å². The number of hydrogen-bond acceptors (Lipinski definition) is 5. The molecule has 30 heavy (non-hydrogen) atoms. The molecule has 4 N–H and O–H groups in total. The molecule has 1 atom stereocenters. The third-order valence-electron chi connectivity index (χ3n) is 5.40. The number of nitrogens with two attached hydrogens (primary N) is 1. The number of hydrogen-bond donors (Lipinski definition) is 3. The van der Waals surface area contributed by atoms with Gasteiger partial charge in [0, 0.05) is 38.3 Å². The van der Waals surface area contributed by atoms with Crippen molar-refractivity contribution in [1.82, 2.24) is 14.8 Å². The van der Waals surface area contributed by atoms with Crippen LogP contribution in [0.25, 0.3) is 0 Å². The Kier molecular flexibility index (Phi) is 5.93. The first-order valence-electron chi connectivity index (χ1n) is 9.71. The van der Waals surface area contributed by atoms with Crippen molar-refractivity contribution in [3.05, 3.63) is 62.3 Å². The zero-order valence-electron chi connectivity index (χ0n) is 17.2. The van der Waals surface area contributed by atoms with Gasteiger partial charge in [-0.3, -0.25) is 14.4 Å². The lowest BCUT2D eigenvalue weighted by Gasteiger charge is -2.21. The van der Waals surface area contributed by atoms with Crippen molar-refractivity contribution in [2.24, 2.45) is 5.73 Å². The Morgan fingerprint density at radius 2 is 2.10 bits per heavy atom. The lowest BCUT2D eigenvalue weighted by atomic mass is 10.0. The Bertz CT molecular complexity index is 1080. The van der Waals surface area contributed by atoms with Crippen molar-refractivity contribution >= 4 is 11.8 Å². The summed E-state index contributed by atoms with van der Waals surface area (Å²) in [6, 6.07) is 3.96. The summed E-state index contributed by atoms with van der Waals surface area (Å²) in [5.74, 6) is -2.57. The third-order valence-corrected chi connectivity index (χ3v) is 5.40. The first kappa shape index (κ1) is 21.5. The first-order valence-corrected chi connectivity index (χ1v) is 9.71. The fraction of sp³-hybridized carbons (Fsp3) is 0.381. The van der Waals surface area contributed by atoms with E-state index in [-0.39, 0.29) is 35.6 Å². The lowest BCUT2D eigenvalue weighted by molar-refractivity contribution is 0.0785. The molecule has 9 heteroatoms. The Balaban J connectivity index is 2.02. The molecule has 1 aliphatic heterocycles. The normalized spacial score (nSPS) is 15.0. The minimum Gasteiger partial charge on any atom is -0.503 e. The van der Waals surface area contributed by atoms with E-state index >= 15 is 0 Å². The van der Waals surface area contributed by atoms with Gasteiger partial charge in [-0.15, -0.1) is 0 Å². The molecule has 1 aliphatic rings. The number of benzene rings is 1. The molecule has 160 valence electrons. The van der Waals surface area contributed by atoms with Crippen LogP contribution in [0.2, 0.25) is 0 Å². The third kappa shape index (κ3) is 3.68. The van der Waals surface area contributed by atoms with Crippen LogP contribution in [0.1, 0.15) is 57.1 Å². The Labute approximate surface area is 173 Å². The van der Waals surface area contributed by atoms with Crippen molar-refractivity contribution in [1.29, 1.82) is 0 Å². The zero-order chi connectivity index (χ0) is 22.2. The van der Waals surface area contributed by atoms with Crippen molar-refractivity contribution in [3.8, 4) is 5.75 Å². The topological polar surface area (TPSA) is 118 Å². The second kappa shape index (κ2) is 8.27. The number of fused-ring (bicyclic) bond motifs is 1. The highest BCUT2D eigenvalue weighted by Gasteiger charge is 2.35. The standard InChI is InChI=1S/C21H25FN4O4/c1-4-25(3)21(30)17-19(28)18(27)15(16-14(23)7-8-26(16)17)20(29)24-10-12-6-5-11(2)9-13(12)22/h5-6,9,14,28H,4,7-8,10,23H2,1-3H3,(H,24,29)/t14-/m0/s1. The molecular weight excluding hydrogens is 391 g/mol. The van der Waals surface area contributed by atoms with Crippen LogP contribution < -0.4 is 16.5 Å². The summed E-state index contributed by atoms with van der Waals surface area (Å²) in [5, 5.41) is 13.0. The van der Waals surface area contributed by atoms with Crippen LogP contribution in [0.5, 0.6) is 5.75 Å². The van der Waals surface area contributed by atoms with Crippen molar-refractivity contribution < 1.29 is 19.1 Å². The molecule has 0 aliphatic carbocycles. The predicted octanol–water partition coefficient (Wildman–Crippen LogP) is 1.43. The smallest absolute Gasteiger partial charge is 0.274 e. The van der Waals surface area contributed by atoms with Crippen molar-refractivity contribution in [2.45, 2.75) is 39.4 Å². The lowest BCUT2D eigenvalue weighted by Crippen LogP contribution is -2.36. The fourth-order valence-electron chi connectivity index (χ4n) is 3.57. The molecule has 0 bridgehead atoms. The maximum absolute atomic E-state index is 14.1. The van der Waals surface area contributed by atoms with Gasteiger partial charge in [-0.1, -0.05) is 12.1 Å². The summed E-state index contributed by atoms with van der Waals surface area (Å²) in [4.78, 5) is 39.7. The molecule has 1 aromatic carbocycles. The summed E-state index contributed by atoms with van der Waals surface area (Å²) >= 11 is 0.